The number of hydrazine groups is 2. The van der Waals surface area contributed by atoms with Gasteiger partial charge in [-0.1, -0.05) is 6.92 Å². The van der Waals surface area contributed by atoms with E-state index in [4.69, 9.17) is 4.84 Å². The summed E-state index contributed by atoms with van der Waals surface area (Å²) in [6, 6.07) is 0. The molecule has 0 aromatic carbocycles. The highest BCUT2D eigenvalue weighted by molar-refractivity contribution is 5.93. The molecular weight excluding hydrogens is 194 g/mol. The van der Waals surface area contributed by atoms with Gasteiger partial charge >= 0.3 is 0 Å². The quantitative estimate of drug-likeness (QED) is 0.606. The molecule has 0 aromatic heterocycles. The van der Waals surface area contributed by atoms with Crippen LogP contribution < -0.4 is 16.2 Å². The standard InChI is InChI=1S/C9H19N5O/c1-4-6-11-9-7-8(10-5-2)12-14(13-9)15-3/h7,10,12H,4-6H2,1-3H3,(H,11,13). The van der Waals surface area contributed by atoms with Gasteiger partial charge < -0.3 is 5.32 Å². The van der Waals surface area contributed by atoms with Gasteiger partial charge in [0.2, 0.25) is 0 Å². The Morgan fingerprint density at radius 1 is 1.47 bits per heavy atom. The number of amidine groups is 1. The first-order chi connectivity index (χ1) is 7.30. The van der Waals surface area contributed by atoms with Gasteiger partial charge in [-0.2, -0.15) is 0 Å². The molecule has 0 bridgehead atoms. The zero-order valence-corrected chi connectivity index (χ0v) is 9.50. The van der Waals surface area contributed by atoms with E-state index in [0.717, 1.165) is 31.2 Å². The molecule has 1 aliphatic heterocycles. The lowest BCUT2D eigenvalue weighted by Crippen LogP contribution is -2.55. The maximum absolute atomic E-state index is 5.03. The Balaban J connectivity index is 2.66. The zero-order chi connectivity index (χ0) is 11.1. The van der Waals surface area contributed by atoms with Crippen LogP contribution in [0.3, 0.4) is 0 Å². The molecule has 1 aliphatic rings. The number of nitrogens with one attached hydrogen (secondary N) is 3. The molecule has 15 heavy (non-hydrogen) atoms. The highest BCUT2D eigenvalue weighted by Gasteiger charge is 2.13. The van der Waals surface area contributed by atoms with E-state index in [1.807, 2.05) is 13.0 Å². The topological polar surface area (TPSA) is 60.9 Å². The summed E-state index contributed by atoms with van der Waals surface area (Å²) in [6.45, 7) is 5.77. The van der Waals surface area contributed by atoms with Crippen LogP contribution in [0, 0.1) is 0 Å². The fourth-order valence-corrected chi connectivity index (χ4v) is 1.13. The maximum atomic E-state index is 5.03. The van der Waals surface area contributed by atoms with Crippen LogP contribution in [0.4, 0.5) is 0 Å². The number of aliphatic imine (C=N–C) groups is 1. The van der Waals surface area contributed by atoms with Crippen LogP contribution in [-0.4, -0.2) is 31.3 Å². The van der Waals surface area contributed by atoms with E-state index in [9.17, 15) is 0 Å². The Labute approximate surface area is 90.3 Å². The SMILES string of the molecule is CCCN=C1C=C(NCC)NN(OC)N1. The van der Waals surface area contributed by atoms with Crippen LogP contribution in [0.25, 0.3) is 0 Å². The molecule has 0 aliphatic carbocycles. The van der Waals surface area contributed by atoms with Gasteiger partial charge in [-0.25, -0.2) is 0 Å². The van der Waals surface area contributed by atoms with Crippen molar-refractivity contribution in [3.63, 3.8) is 0 Å². The summed E-state index contributed by atoms with van der Waals surface area (Å²) in [7, 11) is 1.58. The molecule has 6 heteroatoms. The minimum Gasteiger partial charge on any atom is -0.371 e. The van der Waals surface area contributed by atoms with Gasteiger partial charge in [0.05, 0.1) is 7.11 Å². The maximum Gasteiger partial charge on any atom is 0.142 e. The molecule has 0 atom stereocenters. The fraction of sp³-hybridized carbons (Fsp3) is 0.667. The fourth-order valence-electron chi connectivity index (χ4n) is 1.13. The van der Waals surface area contributed by atoms with Crippen molar-refractivity contribution in [3.05, 3.63) is 11.9 Å². The van der Waals surface area contributed by atoms with Crippen LogP contribution in [0.2, 0.25) is 0 Å². The molecule has 0 unspecified atom stereocenters. The van der Waals surface area contributed by atoms with Crippen molar-refractivity contribution in [1.82, 2.24) is 21.4 Å². The Kier molecular flexibility index (Phi) is 4.92. The molecule has 0 saturated carbocycles. The number of rotatable bonds is 5. The van der Waals surface area contributed by atoms with Crippen molar-refractivity contribution < 1.29 is 4.84 Å². The first-order valence-electron chi connectivity index (χ1n) is 5.17. The van der Waals surface area contributed by atoms with Gasteiger partial charge in [-0.3, -0.25) is 20.7 Å². The van der Waals surface area contributed by atoms with Crippen molar-refractivity contribution >= 4 is 5.84 Å². The smallest absolute Gasteiger partial charge is 0.142 e. The zero-order valence-electron chi connectivity index (χ0n) is 9.50. The third-order valence-corrected chi connectivity index (χ3v) is 1.77. The summed E-state index contributed by atoms with van der Waals surface area (Å²) in [5.74, 6) is 1.65. The first-order valence-corrected chi connectivity index (χ1v) is 5.17. The van der Waals surface area contributed by atoms with Crippen LogP contribution in [0.15, 0.2) is 16.9 Å². The summed E-state index contributed by atoms with van der Waals surface area (Å²) >= 11 is 0. The Morgan fingerprint density at radius 2 is 2.27 bits per heavy atom. The van der Waals surface area contributed by atoms with E-state index in [1.165, 1.54) is 5.28 Å². The summed E-state index contributed by atoms with van der Waals surface area (Å²) in [6.07, 6.45) is 2.94. The molecule has 0 radical (unpaired) electrons. The molecule has 1 rings (SSSR count). The molecule has 0 aromatic rings. The Hall–Kier alpha value is -1.27. The van der Waals surface area contributed by atoms with Crippen LogP contribution in [-0.2, 0) is 4.84 Å². The molecule has 1 heterocycles. The van der Waals surface area contributed by atoms with E-state index >= 15 is 0 Å². The van der Waals surface area contributed by atoms with E-state index in [1.54, 1.807) is 7.11 Å². The summed E-state index contributed by atoms with van der Waals surface area (Å²) in [5, 5.41) is 4.57. The number of hydrogen-bond donors (Lipinski definition) is 3. The number of hydrogen-bond acceptors (Lipinski definition) is 5. The predicted octanol–water partition coefficient (Wildman–Crippen LogP) is 0.132. The molecule has 0 spiro atoms. The molecule has 86 valence electrons. The average Bonchev–Trinajstić information content (AvgIpc) is 2.26. The molecule has 3 N–H and O–H groups in total. The highest BCUT2D eigenvalue weighted by Crippen LogP contribution is 1.96. The molecule has 0 fully saturated rings. The van der Waals surface area contributed by atoms with Gasteiger partial charge in [0.15, 0.2) is 0 Å². The summed E-state index contributed by atoms with van der Waals surface area (Å²) < 4.78 is 0. The monoisotopic (exact) mass is 213 g/mol. The van der Waals surface area contributed by atoms with Crippen LogP contribution >= 0.6 is 0 Å². The molecule has 0 amide bonds. The predicted molar refractivity (Wildman–Crippen MR) is 59.5 cm³/mol. The van der Waals surface area contributed by atoms with Gasteiger partial charge in [0.25, 0.3) is 0 Å². The minimum atomic E-state index is 0.786. The Bertz CT molecular complexity index is 251. The summed E-state index contributed by atoms with van der Waals surface area (Å²) in [4.78, 5) is 9.39. The van der Waals surface area contributed by atoms with E-state index in [2.05, 4.69) is 28.1 Å². The van der Waals surface area contributed by atoms with E-state index < -0.39 is 0 Å². The second-order valence-corrected chi connectivity index (χ2v) is 3.06. The average molecular weight is 213 g/mol. The van der Waals surface area contributed by atoms with Crippen molar-refractivity contribution in [3.8, 4) is 0 Å². The van der Waals surface area contributed by atoms with Crippen molar-refractivity contribution in [2.24, 2.45) is 4.99 Å². The minimum absolute atomic E-state index is 0.786. The normalized spacial score (nSPS) is 19.4. The molecular formula is C9H19N5O. The van der Waals surface area contributed by atoms with E-state index in [0.29, 0.717) is 0 Å². The van der Waals surface area contributed by atoms with Gasteiger partial charge in [0.1, 0.15) is 11.7 Å². The largest absolute Gasteiger partial charge is 0.371 e. The van der Waals surface area contributed by atoms with Crippen LogP contribution in [0.5, 0.6) is 0 Å². The van der Waals surface area contributed by atoms with Crippen molar-refractivity contribution in [2.45, 2.75) is 20.3 Å². The Morgan fingerprint density at radius 3 is 2.87 bits per heavy atom. The third-order valence-electron chi connectivity index (χ3n) is 1.77. The summed E-state index contributed by atoms with van der Waals surface area (Å²) in [5.41, 5.74) is 5.94. The van der Waals surface area contributed by atoms with Crippen molar-refractivity contribution in [1.29, 1.82) is 0 Å². The third kappa shape index (κ3) is 3.77. The molecule has 6 nitrogen and oxygen atoms in total. The lowest BCUT2D eigenvalue weighted by Gasteiger charge is -2.28. The van der Waals surface area contributed by atoms with E-state index in [-0.39, 0.29) is 0 Å². The highest BCUT2D eigenvalue weighted by atomic mass is 16.7. The van der Waals surface area contributed by atoms with Gasteiger partial charge in [-0.05, 0) is 18.6 Å². The second kappa shape index (κ2) is 6.26. The first kappa shape index (κ1) is 11.8. The van der Waals surface area contributed by atoms with Gasteiger partial charge in [-0.15, -0.1) is 0 Å². The van der Waals surface area contributed by atoms with Crippen LogP contribution in [0.1, 0.15) is 20.3 Å². The van der Waals surface area contributed by atoms with Crippen molar-refractivity contribution in [2.75, 3.05) is 20.2 Å². The van der Waals surface area contributed by atoms with Gasteiger partial charge in [0, 0.05) is 19.2 Å². The second-order valence-electron chi connectivity index (χ2n) is 3.06. The lowest BCUT2D eigenvalue weighted by molar-refractivity contribution is -0.190. The number of nitrogens with zero attached hydrogens (tertiary/aromatic N) is 2. The molecule has 0 saturated heterocycles. The lowest BCUT2D eigenvalue weighted by atomic mass is 10.4.